The summed E-state index contributed by atoms with van der Waals surface area (Å²) in [6.07, 6.45) is 0.316. The minimum Gasteiger partial charge on any atom is -0.497 e. The van der Waals surface area contributed by atoms with E-state index in [1.807, 2.05) is 25.1 Å². The highest BCUT2D eigenvalue weighted by atomic mass is 16.5. The first kappa shape index (κ1) is 14.3. The number of carbonyl (C=O) groups is 1. The Hall–Kier alpha value is -1.75. The molecule has 1 unspecified atom stereocenters. The van der Waals surface area contributed by atoms with E-state index < -0.39 is 0 Å². The minimum absolute atomic E-state index is 0.0742. The van der Waals surface area contributed by atoms with Crippen LogP contribution in [0.1, 0.15) is 24.9 Å². The maximum Gasteiger partial charge on any atom is 0.221 e. The van der Waals surface area contributed by atoms with Crippen LogP contribution in [0.15, 0.2) is 18.2 Å². The second-order valence-corrected chi connectivity index (χ2v) is 3.94. The number of methoxy groups -OCH3 is 2. The van der Waals surface area contributed by atoms with E-state index in [-0.39, 0.29) is 11.9 Å². The van der Waals surface area contributed by atoms with Crippen molar-refractivity contribution in [1.29, 1.82) is 0 Å². The van der Waals surface area contributed by atoms with Crippen LogP contribution in [0.3, 0.4) is 0 Å². The van der Waals surface area contributed by atoms with Gasteiger partial charge in [-0.2, -0.15) is 0 Å². The third-order valence-electron chi connectivity index (χ3n) is 2.65. The van der Waals surface area contributed by atoms with E-state index >= 15 is 0 Å². The fourth-order valence-electron chi connectivity index (χ4n) is 1.70. The number of rotatable bonds is 6. The van der Waals surface area contributed by atoms with Gasteiger partial charge in [0.25, 0.3) is 0 Å². The Kier molecular flexibility index (Phi) is 5.45. The molecule has 1 atom stereocenters. The van der Waals surface area contributed by atoms with Crippen LogP contribution in [0.2, 0.25) is 0 Å². The Morgan fingerprint density at radius 2 is 2.11 bits per heavy atom. The van der Waals surface area contributed by atoms with Gasteiger partial charge in [-0.15, -0.1) is 0 Å². The number of carbonyl (C=O) groups excluding carboxylic acids is 1. The maximum atomic E-state index is 11.5. The molecule has 18 heavy (non-hydrogen) atoms. The SMILES string of the molecule is COc1ccc(OC)c(C(C)NC(=O)CCN)c1. The number of ether oxygens (including phenoxy) is 2. The Morgan fingerprint density at radius 3 is 2.67 bits per heavy atom. The maximum absolute atomic E-state index is 11.5. The highest BCUT2D eigenvalue weighted by molar-refractivity contribution is 5.76. The van der Waals surface area contributed by atoms with Crippen molar-refractivity contribution in [3.63, 3.8) is 0 Å². The van der Waals surface area contributed by atoms with E-state index in [9.17, 15) is 4.79 Å². The van der Waals surface area contributed by atoms with Gasteiger partial charge in [-0.25, -0.2) is 0 Å². The monoisotopic (exact) mass is 252 g/mol. The molecule has 0 saturated heterocycles. The van der Waals surface area contributed by atoms with E-state index in [0.717, 1.165) is 17.1 Å². The molecule has 0 aliphatic heterocycles. The van der Waals surface area contributed by atoms with E-state index in [1.54, 1.807) is 14.2 Å². The van der Waals surface area contributed by atoms with Crippen molar-refractivity contribution >= 4 is 5.91 Å². The zero-order valence-electron chi connectivity index (χ0n) is 11.0. The van der Waals surface area contributed by atoms with Gasteiger partial charge >= 0.3 is 0 Å². The van der Waals surface area contributed by atoms with Gasteiger partial charge in [-0.1, -0.05) is 0 Å². The first-order valence-corrected chi connectivity index (χ1v) is 5.83. The van der Waals surface area contributed by atoms with Gasteiger partial charge in [0.05, 0.1) is 20.3 Å². The van der Waals surface area contributed by atoms with Crippen LogP contribution >= 0.6 is 0 Å². The quantitative estimate of drug-likeness (QED) is 0.798. The summed E-state index contributed by atoms with van der Waals surface area (Å²) in [6, 6.07) is 5.33. The van der Waals surface area contributed by atoms with Crippen LogP contribution in [0.4, 0.5) is 0 Å². The Labute approximate surface area is 107 Å². The van der Waals surface area contributed by atoms with Crippen molar-refractivity contribution in [3.8, 4) is 11.5 Å². The molecule has 1 amide bonds. The molecule has 0 bridgehead atoms. The lowest BCUT2D eigenvalue weighted by molar-refractivity contribution is -0.121. The van der Waals surface area contributed by atoms with Crippen LogP contribution < -0.4 is 20.5 Å². The molecule has 1 rings (SSSR count). The first-order chi connectivity index (χ1) is 8.62. The van der Waals surface area contributed by atoms with Gasteiger partial charge in [0, 0.05) is 18.5 Å². The van der Waals surface area contributed by atoms with Crippen LogP contribution in [0.25, 0.3) is 0 Å². The summed E-state index contributed by atoms with van der Waals surface area (Å²) in [5.74, 6) is 1.37. The predicted molar refractivity (Wildman–Crippen MR) is 69.8 cm³/mol. The molecule has 0 aliphatic carbocycles. The normalized spacial score (nSPS) is 11.8. The molecule has 0 saturated carbocycles. The molecule has 0 aliphatic rings. The second-order valence-electron chi connectivity index (χ2n) is 3.94. The van der Waals surface area contributed by atoms with Gasteiger partial charge in [-0.05, 0) is 25.1 Å². The largest absolute Gasteiger partial charge is 0.497 e. The molecular formula is C13H20N2O3. The van der Waals surface area contributed by atoms with Crippen LogP contribution in [0.5, 0.6) is 11.5 Å². The van der Waals surface area contributed by atoms with Gasteiger partial charge in [0.2, 0.25) is 5.91 Å². The predicted octanol–water partition coefficient (Wildman–Crippen LogP) is 1.23. The average Bonchev–Trinajstić information content (AvgIpc) is 2.38. The number of hydrogen-bond acceptors (Lipinski definition) is 4. The summed E-state index contributed by atoms with van der Waals surface area (Å²) >= 11 is 0. The van der Waals surface area contributed by atoms with Crippen molar-refractivity contribution in [2.75, 3.05) is 20.8 Å². The summed E-state index contributed by atoms with van der Waals surface area (Å²) in [5, 5.41) is 2.87. The molecule has 1 aromatic carbocycles. The molecule has 3 N–H and O–H groups in total. The summed E-state index contributed by atoms with van der Waals surface area (Å²) in [5.41, 5.74) is 6.22. The van der Waals surface area contributed by atoms with Crippen molar-refractivity contribution in [3.05, 3.63) is 23.8 Å². The Morgan fingerprint density at radius 1 is 1.39 bits per heavy atom. The lowest BCUT2D eigenvalue weighted by Crippen LogP contribution is -2.28. The fourth-order valence-corrected chi connectivity index (χ4v) is 1.70. The molecule has 5 heteroatoms. The van der Waals surface area contributed by atoms with E-state index in [0.29, 0.717) is 13.0 Å². The zero-order valence-corrected chi connectivity index (χ0v) is 11.0. The molecule has 0 spiro atoms. The number of benzene rings is 1. The summed E-state index contributed by atoms with van der Waals surface area (Å²) in [4.78, 5) is 11.5. The van der Waals surface area contributed by atoms with Crippen LogP contribution in [0, 0.1) is 0 Å². The smallest absolute Gasteiger partial charge is 0.221 e. The number of nitrogens with one attached hydrogen (secondary N) is 1. The molecule has 0 heterocycles. The van der Waals surface area contributed by atoms with E-state index in [1.165, 1.54) is 0 Å². The van der Waals surface area contributed by atoms with Gasteiger partial charge in [0.1, 0.15) is 11.5 Å². The molecular weight excluding hydrogens is 232 g/mol. The molecule has 0 fully saturated rings. The number of nitrogens with two attached hydrogens (primary N) is 1. The Bertz CT molecular complexity index is 407. The second kappa shape index (κ2) is 6.86. The topological polar surface area (TPSA) is 73.6 Å². The van der Waals surface area contributed by atoms with E-state index in [4.69, 9.17) is 15.2 Å². The average molecular weight is 252 g/mol. The standard InChI is InChI=1S/C13H20N2O3/c1-9(15-13(16)6-7-14)11-8-10(17-2)4-5-12(11)18-3/h4-5,8-9H,6-7,14H2,1-3H3,(H,15,16). The van der Waals surface area contributed by atoms with Crippen LogP contribution in [-0.2, 0) is 4.79 Å². The third kappa shape index (κ3) is 3.63. The van der Waals surface area contributed by atoms with Gasteiger partial charge in [-0.3, -0.25) is 4.79 Å². The summed E-state index contributed by atoms with van der Waals surface area (Å²) in [6.45, 7) is 2.24. The molecule has 5 nitrogen and oxygen atoms in total. The lowest BCUT2D eigenvalue weighted by Gasteiger charge is -2.18. The third-order valence-corrected chi connectivity index (χ3v) is 2.65. The molecule has 0 aromatic heterocycles. The number of amides is 1. The van der Waals surface area contributed by atoms with Crippen molar-refractivity contribution in [2.45, 2.75) is 19.4 Å². The van der Waals surface area contributed by atoms with Crippen molar-refractivity contribution < 1.29 is 14.3 Å². The molecule has 100 valence electrons. The summed E-state index contributed by atoms with van der Waals surface area (Å²) < 4.78 is 10.4. The van der Waals surface area contributed by atoms with Crippen molar-refractivity contribution in [2.24, 2.45) is 5.73 Å². The zero-order chi connectivity index (χ0) is 13.5. The Balaban J connectivity index is 2.88. The van der Waals surface area contributed by atoms with E-state index in [2.05, 4.69) is 5.32 Å². The molecule has 0 radical (unpaired) electrons. The lowest BCUT2D eigenvalue weighted by atomic mass is 10.1. The first-order valence-electron chi connectivity index (χ1n) is 5.83. The van der Waals surface area contributed by atoms with Gasteiger partial charge < -0.3 is 20.5 Å². The van der Waals surface area contributed by atoms with Gasteiger partial charge in [0.15, 0.2) is 0 Å². The highest BCUT2D eigenvalue weighted by Crippen LogP contribution is 2.29. The minimum atomic E-state index is -0.158. The molecule has 1 aromatic rings. The highest BCUT2D eigenvalue weighted by Gasteiger charge is 2.14. The fraction of sp³-hybridized carbons (Fsp3) is 0.462. The number of hydrogen-bond donors (Lipinski definition) is 2. The van der Waals surface area contributed by atoms with Crippen molar-refractivity contribution in [1.82, 2.24) is 5.32 Å². The summed E-state index contributed by atoms with van der Waals surface area (Å²) in [7, 11) is 3.20. The van der Waals surface area contributed by atoms with Crippen LogP contribution in [-0.4, -0.2) is 26.7 Å².